The average Bonchev–Trinajstić information content (AvgIpc) is 2.61. The summed E-state index contributed by atoms with van der Waals surface area (Å²) in [6, 6.07) is 25.2. The minimum atomic E-state index is 0.313. The Labute approximate surface area is 139 Å². The Bertz CT molecular complexity index is 1270. The molecular formula is C23H16O. The first-order valence-electron chi connectivity index (χ1n) is 8.19. The summed E-state index contributed by atoms with van der Waals surface area (Å²) in [5, 5.41) is 19.8. The highest BCUT2D eigenvalue weighted by Crippen LogP contribution is 2.36. The second kappa shape index (κ2) is 4.72. The smallest absolute Gasteiger partial charge is 0.116 e. The maximum atomic E-state index is 9.94. The molecule has 0 fully saturated rings. The van der Waals surface area contributed by atoms with Gasteiger partial charge in [0.1, 0.15) is 5.75 Å². The molecule has 1 nitrogen and oxygen atoms in total. The first-order chi connectivity index (χ1) is 11.7. The lowest BCUT2D eigenvalue weighted by Crippen LogP contribution is -1.85. The Kier molecular flexibility index (Phi) is 2.63. The maximum absolute atomic E-state index is 9.94. The lowest BCUT2D eigenvalue weighted by atomic mass is 9.92. The van der Waals surface area contributed by atoms with Crippen molar-refractivity contribution in [2.24, 2.45) is 0 Å². The quantitative estimate of drug-likeness (QED) is 0.332. The number of phenolic OH excluding ortho intramolecular Hbond substituents is 1. The molecule has 0 aliphatic rings. The van der Waals surface area contributed by atoms with Gasteiger partial charge in [-0.2, -0.15) is 0 Å². The van der Waals surface area contributed by atoms with Crippen LogP contribution in [0, 0.1) is 6.92 Å². The molecule has 0 amide bonds. The van der Waals surface area contributed by atoms with Gasteiger partial charge in [-0.15, -0.1) is 0 Å². The molecule has 24 heavy (non-hydrogen) atoms. The molecule has 0 saturated heterocycles. The van der Waals surface area contributed by atoms with Crippen LogP contribution in [0.15, 0.2) is 72.8 Å². The summed E-state index contributed by atoms with van der Waals surface area (Å²) in [5.74, 6) is 0.313. The van der Waals surface area contributed by atoms with Gasteiger partial charge in [-0.25, -0.2) is 0 Å². The van der Waals surface area contributed by atoms with E-state index in [2.05, 4.69) is 61.5 Å². The van der Waals surface area contributed by atoms with Crippen molar-refractivity contribution in [1.82, 2.24) is 0 Å². The van der Waals surface area contributed by atoms with Crippen molar-refractivity contribution < 1.29 is 5.11 Å². The first-order valence-corrected chi connectivity index (χ1v) is 8.19. The zero-order chi connectivity index (χ0) is 16.3. The van der Waals surface area contributed by atoms with E-state index in [-0.39, 0.29) is 0 Å². The van der Waals surface area contributed by atoms with Crippen molar-refractivity contribution >= 4 is 43.1 Å². The van der Waals surface area contributed by atoms with E-state index >= 15 is 0 Å². The van der Waals surface area contributed by atoms with Gasteiger partial charge in [0.05, 0.1) is 0 Å². The van der Waals surface area contributed by atoms with Gasteiger partial charge in [0, 0.05) is 0 Å². The summed E-state index contributed by atoms with van der Waals surface area (Å²) in [4.78, 5) is 0. The fourth-order valence-electron chi connectivity index (χ4n) is 3.90. The van der Waals surface area contributed by atoms with Gasteiger partial charge in [0.25, 0.3) is 0 Å². The summed E-state index contributed by atoms with van der Waals surface area (Å²) in [6.45, 7) is 2.14. The van der Waals surface area contributed by atoms with Crippen LogP contribution < -0.4 is 0 Å². The van der Waals surface area contributed by atoms with Gasteiger partial charge in [0.2, 0.25) is 0 Å². The Hall–Kier alpha value is -3.06. The molecule has 1 N–H and O–H groups in total. The highest BCUT2D eigenvalue weighted by atomic mass is 16.3. The highest BCUT2D eigenvalue weighted by Gasteiger charge is 2.09. The molecule has 5 rings (SSSR count). The lowest BCUT2D eigenvalue weighted by molar-refractivity contribution is 0.476. The lowest BCUT2D eigenvalue weighted by Gasteiger charge is -2.12. The number of phenols is 1. The Balaban J connectivity index is 2.05. The van der Waals surface area contributed by atoms with Crippen LogP contribution in [0.25, 0.3) is 43.1 Å². The molecule has 5 aromatic rings. The van der Waals surface area contributed by atoms with Gasteiger partial charge >= 0.3 is 0 Å². The van der Waals surface area contributed by atoms with E-state index in [0.717, 1.165) is 5.39 Å². The number of hydrogen-bond donors (Lipinski definition) is 1. The number of aromatic hydroxyl groups is 1. The van der Waals surface area contributed by atoms with Crippen molar-refractivity contribution in [3.8, 4) is 5.75 Å². The highest BCUT2D eigenvalue weighted by molar-refractivity contribution is 6.22. The van der Waals surface area contributed by atoms with Crippen molar-refractivity contribution in [2.45, 2.75) is 6.92 Å². The summed E-state index contributed by atoms with van der Waals surface area (Å²) >= 11 is 0. The van der Waals surface area contributed by atoms with Gasteiger partial charge < -0.3 is 5.11 Å². The largest absolute Gasteiger partial charge is 0.508 e. The maximum Gasteiger partial charge on any atom is 0.116 e. The molecule has 0 spiro atoms. The number of fused-ring (bicyclic) bond motifs is 7. The standard InChI is InChI=1S/C23H16O/c1-14-12-22-20-8-6-15-4-2-3-5-18(15)19(20)10-11-21(22)23-13-16(24)7-9-17(14)23/h2-13,24H,1H3. The van der Waals surface area contributed by atoms with Crippen molar-refractivity contribution in [3.63, 3.8) is 0 Å². The molecule has 0 aromatic heterocycles. The van der Waals surface area contributed by atoms with Crippen LogP contribution in [0.5, 0.6) is 5.75 Å². The second-order valence-electron chi connectivity index (χ2n) is 6.47. The number of aryl methyl sites for hydroxylation is 1. The van der Waals surface area contributed by atoms with Crippen molar-refractivity contribution in [1.29, 1.82) is 0 Å². The molecule has 5 aromatic carbocycles. The Morgan fingerprint density at radius 2 is 1.17 bits per heavy atom. The molecule has 0 radical (unpaired) electrons. The van der Waals surface area contributed by atoms with Crippen LogP contribution in [0.2, 0.25) is 0 Å². The number of benzene rings is 5. The Morgan fingerprint density at radius 1 is 0.542 bits per heavy atom. The van der Waals surface area contributed by atoms with E-state index in [1.807, 2.05) is 12.1 Å². The molecule has 0 heterocycles. The molecule has 1 heteroatoms. The molecule has 0 bridgehead atoms. The van der Waals surface area contributed by atoms with E-state index in [0.29, 0.717) is 5.75 Å². The van der Waals surface area contributed by atoms with E-state index < -0.39 is 0 Å². The van der Waals surface area contributed by atoms with Crippen LogP contribution in [-0.2, 0) is 0 Å². The third-order valence-corrected chi connectivity index (χ3v) is 5.05. The number of rotatable bonds is 0. The van der Waals surface area contributed by atoms with Crippen LogP contribution in [0.3, 0.4) is 0 Å². The van der Waals surface area contributed by atoms with Gasteiger partial charge in [-0.3, -0.25) is 0 Å². The second-order valence-corrected chi connectivity index (χ2v) is 6.47. The van der Waals surface area contributed by atoms with Gasteiger partial charge in [-0.1, -0.05) is 60.7 Å². The molecular weight excluding hydrogens is 292 g/mol. The van der Waals surface area contributed by atoms with Crippen molar-refractivity contribution in [3.05, 3.63) is 78.4 Å². The molecule has 0 aliphatic heterocycles. The van der Waals surface area contributed by atoms with E-state index in [4.69, 9.17) is 0 Å². The summed E-state index contributed by atoms with van der Waals surface area (Å²) in [6.07, 6.45) is 0. The predicted octanol–water partition coefficient (Wildman–Crippen LogP) is 6.31. The van der Waals surface area contributed by atoms with Crippen LogP contribution >= 0.6 is 0 Å². The number of hydrogen-bond acceptors (Lipinski definition) is 1. The van der Waals surface area contributed by atoms with Crippen LogP contribution in [-0.4, -0.2) is 5.11 Å². The molecule has 0 unspecified atom stereocenters. The fourth-order valence-corrected chi connectivity index (χ4v) is 3.90. The van der Waals surface area contributed by atoms with Crippen molar-refractivity contribution in [2.75, 3.05) is 0 Å². The first kappa shape index (κ1) is 13.4. The minimum Gasteiger partial charge on any atom is -0.508 e. The minimum absolute atomic E-state index is 0.313. The average molecular weight is 308 g/mol. The monoisotopic (exact) mass is 308 g/mol. The van der Waals surface area contributed by atoms with E-state index in [1.165, 1.54) is 43.3 Å². The molecule has 0 atom stereocenters. The summed E-state index contributed by atoms with van der Waals surface area (Å²) in [5.41, 5.74) is 1.23. The topological polar surface area (TPSA) is 20.2 Å². The summed E-state index contributed by atoms with van der Waals surface area (Å²) in [7, 11) is 0. The zero-order valence-electron chi connectivity index (χ0n) is 13.4. The normalized spacial score (nSPS) is 11.7. The van der Waals surface area contributed by atoms with Crippen LogP contribution in [0.4, 0.5) is 0 Å². The molecule has 0 saturated carbocycles. The summed E-state index contributed by atoms with van der Waals surface area (Å²) < 4.78 is 0. The molecule has 114 valence electrons. The SMILES string of the molecule is Cc1cc2c(ccc3c4ccccc4ccc32)c2cc(O)ccc12. The van der Waals surface area contributed by atoms with Gasteiger partial charge in [-0.05, 0) is 67.7 Å². The van der Waals surface area contributed by atoms with E-state index in [1.54, 1.807) is 6.07 Å². The third-order valence-electron chi connectivity index (χ3n) is 5.05. The zero-order valence-corrected chi connectivity index (χ0v) is 13.4. The van der Waals surface area contributed by atoms with E-state index in [9.17, 15) is 5.11 Å². The molecule has 0 aliphatic carbocycles. The Morgan fingerprint density at radius 3 is 2.04 bits per heavy atom. The van der Waals surface area contributed by atoms with Crippen LogP contribution in [0.1, 0.15) is 5.56 Å². The third kappa shape index (κ3) is 1.75. The fraction of sp³-hybridized carbons (Fsp3) is 0.0435. The predicted molar refractivity (Wildman–Crippen MR) is 103 cm³/mol. The van der Waals surface area contributed by atoms with Gasteiger partial charge in [0.15, 0.2) is 0 Å².